The average molecular weight is 337 g/mol. The van der Waals surface area contributed by atoms with E-state index >= 15 is 0 Å². The van der Waals surface area contributed by atoms with Crippen molar-refractivity contribution in [2.45, 2.75) is 12.8 Å². The van der Waals surface area contributed by atoms with E-state index in [4.69, 9.17) is 4.52 Å². The average Bonchev–Trinajstić information content (AvgIpc) is 3.19. The molecule has 2 aromatic heterocycles. The van der Waals surface area contributed by atoms with Crippen LogP contribution in [-0.4, -0.2) is 22.6 Å². The van der Waals surface area contributed by atoms with Crippen molar-refractivity contribution in [2.75, 3.05) is 6.54 Å². The van der Waals surface area contributed by atoms with Gasteiger partial charge in [0.1, 0.15) is 5.69 Å². The van der Waals surface area contributed by atoms with Gasteiger partial charge in [0.25, 0.3) is 0 Å². The van der Waals surface area contributed by atoms with Gasteiger partial charge < -0.3 is 9.84 Å². The van der Waals surface area contributed by atoms with Crippen LogP contribution in [0.15, 0.2) is 53.1 Å². The lowest BCUT2D eigenvalue weighted by Crippen LogP contribution is -2.27. The van der Waals surface area contributed by atoms with Gasteiger partial charge in [0, 0.05) is 18.4 Å². The standard InChI is InChI=1S/C18H15N3O2S/c22-17(11-14-12-5-1-3-7-15(12)23-21-14)19-10-9-18-20-13-6-2-4-8-16(13)24-18/h1-8H,9-11H2,(H,19,22). The normalized spacial score (nSPS) is 11.2. The Labute approximate surface area is 142 Å². The number of carbonyl (C=O) groups is 1. The molecule has 0 saturated heterocycles. The highest BCUT2D eigenvalue weighted by molar-refractivity contribution is 7.18. The van der Waals surface area contributed by atoms with Crippen LogP contribution in [0.25, 0.3) is 21.2 Å². The van der Waals surface area contributed by atoms with Gasteiger partial charge in [-0.1, -0.05) is 29.4 Å². The molecule has 5 nitrogen and oxygen atoms in total. The van der Waals surface area contributed by atoms with E-state index in [0.717, 1.165) is 22.3 Å². The summed E-state index contributed by atoms with van der Waals surface area (Å²) < 4.78 is 6.39. The Morgan fingerprint density at radius 3 is 2.88 bits per heavy atom. The van der Waals surface area contributed by atoms with Gasteiger partial charge in [-0.05, 0) is 24.3 Å². The maximum absolute atomic E-state index is 12.1. The molecule has 0 spiro atoms. The van der Waals surface area contributed by atoms with Crippen LogP contribution >= 0.6 is 11.3 Å². The summed E-state index contributed by atoms with van der Waals surface area (Å²) in [4.78, 5) is 16.7. The number of para-hydroxylation sites is 2. The smallest absolute Gasteiger partial charge is 0.226 e. The third-order valence-corrected chi connectivity index (χ3v) is 4.88. The fourth-order valence-electron chi connectivity index (χ4n) is 2.62. The van der Waals surface area contributed by atoms with Crippen molar-refractivity contribution < 1.29 is 9.32 Å². The number of rotatable bonds is 5. The van der Waals surface area contributed by atoms with E-state index in [1.807, 2.05) is 42.5 Å². The second kappa shape index (κ2) is 6.41. The zero-order valence-electron chi connectivity index (χ0n) is 12.9. The molecule has 6 heteroatoms. The first-order valence-corrected chi connectivity index (χ1v) is 8.56. The Balaban J connectivity index is 1.35. The number of carbonyl (C=O) groups excluding carboxylic acids is 1. The lowest BCUT2D eigenvalue weighted by Gasteiger charge is -2.02. The Morgan fingerprint density at radius 1 is 1.12 bits per heavy atom. The molecule has 0 radical (unpaired) electrons. The molecule has 0 bridgehead atoms. The summed E-state index contributed by atoms with van der Waals surface area (Å²) in [5, 5.41) is 8.83. The molecule has 24 heavy (non-hydrogen) atoms. The molecule has 120 valence electrons. The number of fused-ring (bicyclic) bond motifs is 2. The van der Waals surface area contributed by atoms with Crippen molar-refractivity contribution in [3.05, 3.63) is 59.2 Å². The molecule has 0 atom stereocenters. The molecule has 0 unspecified atom stereocenters. The zero-order chi connectivity index (χ0) is 16.4. The van der Waals surface area contributed by atoms with Crippen LogP contribution in [0.2, 0.25) is 0 Å². The Kier molecular flexibility index (Phi) is 3.96. The van der Waals surface area contributed by atoms with Crippen molar-refractivity contribution in [1.29, 1.82) is 0 Å². The number of hydrogen-bond acceptors (Lipinski definition) is 5. The summed E-state index contributed by atoms with van der Waals surface area (Å²) in [6, 6.07) is 15.6. The Bertz CT molecular complexity index is 973. The van der Waals surface area contributed by atoms with Gasteiger partial charge >= 0.3 is 0 Å². The van der Waals surface area contributed by atoms with Crippen LogP contribution in [0.1, 0.15) is 10.7 Å². The largest absolute Gasteiger partial charge is 0.356 e. The molecule has 2 heterocycles. The van der Waals surface area contributed by atoms with Gasteiger partial charge in [-0.25, -0.2) is 4.98 Å². The molecule has 2 aromatic carbocycles. The zero-order valence-corrected chi connectivity index (χ0v) is 13.7. The third-order valence-electron chi connectivity index (χ3n) is 3.78. The van der Waals surface area contributed by atoms with Gasteiger partial charge in [-0.15, -0.1) is 11.3 Å². The molecule has 4 aromatic rings. The second-order valence-electron chi connectivity index (χ2n) is 5.48. The fraction of sp³-hybridized carbons (Fsp3) is 0.167. The number of thiazole rings is 1. The molecule has 0 aliphatic carbocycles. The van der Waals surface area contributed by atoms with Crippen molar-refractivity contribution in [2.24, 2.45) is 0 Å². The molecule has 0 saturated carbocycles. The van der Waals surface area contributed by atoms with E-state index in [9.17, 15) is 4.79 Å². The number of amides is 1. The van der Waals surface area contributed by atoms with Gasteiger partial charge in [0.2, 0.25) is 5.91 Å². The fourth-order valence-corrected chi connectivity index (χ4v) is 3.58. The van der Waals surface area contributed by atoms with Crippen LogP contribution in [-0.2, 0) is 17.6 Å². The first-order chi connectivity index (χ1) is 11.8. The summed E-state index contributed by atoms with van der Waals surface area (Å²) >= 11 is 1.67. The molecule has 1 amide bonds. The number of nitrogens with one attached hydrogen (secondary N) is 1. The van der Waals surface area contributed by atoms with Crippen molar-refractivity contribution in [3.8, 4) is 0 Å². The molecular formula is C18H15N3O2S. The molecule has 4 rings (SSSR count). The number of aromatic nitrogens is 2. The van der Waals surface area contributed by atoms with Crippen molar-refractivity contribution >= 4 is 38.4 Å². The summed E-state index contributed by atoms with van der Waals surface area (Å²) in [6.45, 7) is 0.564. The van der Waals surface area contributed by atoms with Gasteiger partial charge in [-0.2, -0.15) is 0 Å². The van der Waals surface area contributed by atoms with Gasteiger partial charge in [0.05, 0.1) is 21.6 Å². The summed E-state index contributed by atoms with van der Waals surface area (Å²) in [7, 11) is 0. The van der Waals surface area contributed by atoms with Crippen LogP contribution < -0.4 is 5.32 Å². The minimum Gasteiger partial charge on any atom is -0.356 e. The lowest BCUT2D eigenvalue weighted by molar-refractivity contribution is -0.120. The first kappa shape index (κ1) is 14.8. The molecule has 0 fully saturated rings. The monoisotopic (exact) mass is 337 g/mol. The number of benzene rings is 2. The van der Waals surface area contributed by atoms with Crippen molar-refractivity contribution in [3.63, 3.8) is 0 Å². The minimum absolute atomic E-state index is 0.0600. The Morgan fingerprint density at radius 2 is 1.96 bits per heavy atom. The molecule has 0 aliphatic rings. The summed E-state index contributed by atoms with van der Waals surface area (Å²) in [6.07, 6.45) is 0.946. The van der Waals surface area contributed by atoms with E-state index in [1.165, 1.54) is 4.70 Å². The maximum atomic E-state index is 12.1. The van der Waals surface area contributed by atoms with E-state index < -0.39 is 0 Å². The highest BCUT2D eigenvalue weighted by Gasteiger charge is 2.12. The minimum atomic E-state index is -0.0600. The maximum Gasteiger partial charge on any atom is 0.226 e. The van der Waals surface area contributed by atoms with Crippen LogP contribution in [0.4, 0.5) is 0 Å². The predicted octanol–water partition coefficient (Wildman–Crippen LogP) is 3.34. The van der Waals surface area contributed by atoms with Crippen molar-refractivity contribution in [1.82, 2.24) is 15.5 Å². The number of hydrogen-bond donors (Lipinski definition) is 1. The molecular weight excluding hydrogens is 322 g/mol. The quantitative estimate of drug-likeness (QED) is 0.606. The highest BCUT2D eigenvalue weighted by Crippen LogP contribution is 2.21. The third kappa shape index (κ3) is 3.00. The van der Waals surface area contributed by atoms with E-state index in [0.29, 0.717) is 17.8 Å². The van der Waals surface area contributed by atoms with Crippen LogP contribution in [0.3, 0.4) is 0 Å². The van der Waals surface area contributed by atoms with Crippen LogP contribution in [0, 0.1) is 0 Å². The van der Waals surface area contributed by atoms with Crippen LogP contribution in [0.5, 0.6) is 0 Å². The SMILES string of the molecule is O=C(Cc1noc2ccccc12)NCCc1nc2ccccc2s1. The number of nitrogens with zero attached hydrogens (tertiary/aromatic N) is 2. The highest BCUT2D eigenvalue weighted by atomic mass is 32.1. The summed E-state index contributed by atoms with van der Waals surface area (Å²) in [5.74, 6) is -0.0600. The summed E-state index contributed by atoms with van der Waals surface area (Å²) in [5.41, 5.74) is 2.38. The van der Waals surface area contributed by atoms with E-state index in [1.54, 1.807) is 11.3 Å². The van der Waals surface area contributed by atoms with E-state index in [2.05, 4.69) is 21.5 Å². The van der Waals surface area contributed by atoms with Gasteiger partial charge in [0.15, 0.2) is 5.58 Å². The Hall–Kier alpha value is -2.73. The molecule has 0 aliphatic heterocycles. The second-order valence-corrected chi connectivity index (χ2v) is 6.59. The molecule has 1 N–H and O–H groups in total. The lowest BCUT2D eigenvalue weighted by atomic mass is 10.1. The van der Waals surface area contributed by atoms with Gasteiger partial charge in [-0.3, -0.25) is 4.79 Å². The predicted molar refractivity (Wildman–Crippen MR) is 94.0 cm³/mol. The van der Waals surface area contributed by atoms with E-state index in [-0.39, 0.29) is 12.3 Å². The first-order valence-electron chi connectivity index (χ1n) is 7.74. The topological polar surface area (TPSA) is 68.0 Å².